The van der Waals surface area contributed by atoms with Crippen LogP contribution in [-0.4, -0.2) is 40.3 Å². The largest absolute Gasteiger partial charge is 0.445 e. The van der Waals surface area contributed by atoms with Gasteiger partial charge >= 0.3 is 6.09 Å². The lowest BCUT2D eigenvalue weighted by molar-refractivity contribution is -0.120. The summed E-state index contributed by atoms with van der Waals surface area (Å²) >= 11 is 1.40. The van der Waals surface area contributed by atoms with E-state index in [9.17, 15) is 14.4 Å². The molecule has 2 aromatic carbocycles. The third kappa shape index (κ3) is 5.84. The van der Waals surface area contributed by atoms with E-state index >= 15 is 0 Å². The molecule has 0 spiro atoms. The van der Waals surface area contributed by atoms with Crippen molar-refractivity contribution in [1.29, 1.82) is 0 Å². The Hall–Kier alpha value is -3.52. The van der Waals surface area contributed by atoms with E-state index in [-0.39, 0.29) is 18.3 Å². The lowest BCUT2D eigenvalue weighted by Gasteiger charge is -2.22. The van der Waals surface area contributed by atoms with Crippen LogP contribution in [0.25, 0.3) is 0 Å². The van der Waals surface area contributed by atoms with Crippen molar-refractivity contribution in [3.8, 4) is 0 Å². The summed E-state index contributed by atoms with van der Waals surface area (Å²) in [5.74, 6) is -0.217. The summed E-state index contributed by atoms with van der Waals surface area (Å²) in [4.78, 5) is 43.6. The van der Waals surface area contributed by atoms with Crippen LogP contribution in [0.3, 0.4) is 0 Å². The van der Waals surface area contributed by atoms with Crippen LogP contribution >= 0.6 is 11.3 Å². The molecule has 8 heteroatoms. The third-order valence-electron chi connectivity index (χ3n) is 5.52. The summed E-state index contributed by atoms with van der Waals surface area (Å²) in [5.41, 5.74) is 2.64. The molecule has 0 bridgehead atoms. The zero-order valence-electron chi connectivity index (χ0n) is 18.3. The average molecular weight is 464 g/mol. The number of nitrogens with one attached hydrogen (secondary N) is 1. The highest BCUT2D eigenvalue weighted by Crippen LogP contribution is 2.24. The van der Waals surface area contributed by atoms with Gasteiger partial charge < -0.3 is 10.1 Å². The predicted molar refractivity (Wildman–Crippen MR) is 126 cm³/mol. The quantitative estimate of drug-likeness (QED) is 0.514. The second-order valence-corrected chi connectivity index (χ2v) is 9.06. The molecule has 0 aliphatic carbocycles. The number of aromatic nitrogens is 1. The molecule has 33 heavy (non-hydrogen) atoms. The second kappa shape index (κ2) is 10.4. The lowest BCUT2D eigenvalue weighted by Crippen LogP contribution is -2.43. The number of Topliss-reactive ketones (excluding diaryl/α,β-unsaturated/α-hetero) is 1. The molecule has 170 valence electrons. The molecule has 3 aromatic rings. The highest BCUT2D eigenvalue weighted by atomic mass is 32.1. The minimum atomic E-state index is -0.570. The van der Waals surface area contributed by atoms with Crippen molar-refractivity contribution in [2.24, 2.45) is 0 Å². The molecule has 1 atom stereocenters. The van der Waals surface area contributed by atoms with Crippen LogP contribution in [0.5, 0.6) is 0 Å². The van der Waals surface area contributed by atoms with E-state index < -0.39 is 12.1 Å². The number of benzene rings is 2. The van der Waals surface area contributed by atoms with E-state index in [1.54, 1.807) is 13.1 Å². The van der Waals surface area contributed by atoms with Gasteiger partial charge in [0, 0.05) is 29.6 Å². The van der Waals surface area contributed by atoms with Crippen LogP contribution in [0.4, 0.5) is 9.93 Å². The van der Waals surface area contributed by atoms with Gasteiger partial charge in [-0.3, -0.25) is 14.5 Å². The molecule has 0 radical (unpaired) electrons. The Morgan fingerprint density at radius 2 is 1.85 bits per heavy atom. The van der Waals surface area contributed by atoms with Gasteiger partial charge in [-0.15, -0.1) is 11.3 Å². The number of ketones is 1. The first-order valence-electron chi connectivity index (χ1n) is 10.8. The number of rotatable bonds is 7. The van der Waals surface area contributed by atoms with E-state index in [4.69, 9.17) is 4.74 Å². The first kappa shape index (κ1) is 22.7. The highest BCUT2D eigenvalue weighted by Gasteiger charge is 2.35. The van der Waals surface area contributed by atoms with Gasteiger partial charge in [0.05, 0.1) is 0 Å². The Labute approximate surface area is 196 Å². The van der Waals surface area contributed by atoms with Gasteiger partial charge in [-0.2, -0.15) is 0 Å². The standard InChI is InChI=1S/C25H25N3O4S/c1-17(29)20-11-9-18(10-12-20)14-21-15-26-24(33-21)27-23(30)22-8-5-13-28(22)25(31)32-16-19-6-3-2-4-7-19/h2-4,6-7,9-12,15,22H,5,8,13-14,16H2,1H3,(H,26,27,30). The van der Waals surface area contributed by atoms with Crippen LogP contribution < -0.4 is 5.32 Å². The highest BCUT2D eigenvalue weighted by molar-refractivity contribution is 7.15. The molecule has 1 saturated heterocycles. The molecular weight excluding hydrogens is 438 g/mol. The number of amides is 2. The minimum absolute atomic E-state index is 0.0363. The Morgan fingerprint density at radius 3 is 2.58 bits per heavy atom. The van der Waals surface area contributed by atoms with Gasteiger partial charge in [0.15, 0.2) is 10.9 Å². The lowest BCUT2D eigenvalue weighted by atomic mass is 10.1. The van der Waals surface area contributed by atoms with Crippen molar-refractivity contribution in [1.82, 2.24) is 9.88 Å². The van der Waals surface area contributed by atoms with Gasteiger partial charge in [0.2, 0.25) is 5.91 Å². The topological polar surface area (TPSA) is 88.6 Å². The Balaban J connectivity index is 1.32. The van der Waals surface area contributed by atoms with Gasteiger partial charge in [0.25, 0.3) is 0 Å². The Bertz CT molecular complexity index is 1130. The van der Waals surface area contributed by atoms with Crippen LogP contribution in [0.2, 0.25) is 0 Å². The maximum absolute atomic E-state index is 12.8. The number of likely N-dealkylation sites (tertiary alicyclic amines) is 1. The van der Waals surface area contributed by atoms with Crippen molar-refractivity contribution >= 4 is 34.3 Å². The Morgan fingerprint density at radius 1 is 1.09 bits per heavy atom. The van der Waals surface area contributed by atoms with Crippen LogP contribution in [0, 0.1) is 0 Å². The van der Waals surface area contributed by atoms with Crippen LogP contribution in [0.15, 0.2) is 60.8 Å². The van der Waals surface area contributed by atoms with Gasteiger partial charge in [-0.05, 0) is 30.9 Å². The molecule has 4 rings (SSSR count). The molecule has 1 aliphatic rings. The number of nitrogens with zero attached hydrogens (tertiary/aromatic N) is 2. The Kier molecular flexibility index (Phi) is 7.14. The number of carbonyl (C=O) groups is 3. The van der Waals surface area contributed by atoms with E-state index in [0.29, 0.717) is 30.1 Å². The molecule has 2 heterocycles. The summed E-state index contributed by atoms with van der Waals surface area (Å²) in [7, 11) is 0. The summed E-state index contributed by atoms with van der Waals surface area (Å²) in [6, 6.07) is 16.4. The van der Waals surface area contributed by atoms with Gasteiger partial charge in [-0.1, -0.05) is 54.6 Å². The van der Waals surface area contributed by atoms with Crippen molar-refractivity contribution in [2.75, 3.05) is 11.9 Å². The average Bonchev–Trinajstić information content (AvgIpc) is 3.48. The molecule has 1 unspecified atom stereocenters. The maximum atomic E-state index is 12.8. The van der Waals surface area contributed by atoms with Crippen LogP contribution in [0.1, 0.15) is 46.1 Å². The molecule has 0 saturated carbocycles. The molecule has 1 aliphatic heterocycles. The molecular formula is C25H25N3O4S. The summed E-state index contributed by atoms with van der Waals surface area (Å²) in [6.07, 6.45) is 3.25. The normalized spacial score (nSPS) is 15.3. The summed E-state index contributed by atoms with van der Waals surface area (Å²) in [6.45, 7) is 2.21. The monoisotopic (exact) mass is 463 g/mol. The molecule has 2 amide bonds. The second-order valence-electron chi connectivity index (χ2n) is 7.94. The molecule has 1 aromatic heterocycles. The molecule has 1 N–H and O–H groups in total. The van der Waals surface area contributed by atoms with Crippen molar-refractivity contribution in [3.05, 3.63) is 82.4 Å². The fourth-order valence-corrected chi connectivity index (χ4v) is 4.60. The number of thiazole rings is 1. The predicted octanol–water partition coefficient (Wildman–Crippen LogP) is 4.68. The van der Waals surface area contributed by atoms with E-state index in [1.807, 2.05) is 54.6 Å². The van der Waals surface area contributed by atoms with E-state index in [0.717, 1.165) is 22.4 Å². The number of hydrogen-bond acceptors (Lipinski definition) is 6. The first-order chi connectivity index (χ1) is 16.0. The smallest absolute Gasteiger partial charge is 0.410 e. The van der Waals surface area contributed by atoms with Crippen molar-refractivity contribution in [2.45, 2.75) is 38.8 Å². The molecule has 7 nitrogen and oxygen atoms in total. The zero-order valence-corrected chi connectivity index (χ0v) is 19.1. The number of anilines is 1. The first-order valence-corrected chi connectivity index (χ1v) is 11.6. The third-order valence-corrected chi connectivity index (χ3v) is 6.43. The maximum Gasteiger partial charge on any atom is 0.410 e. The fourth-order valence-electron chi connectivity index (χ4n) is 3.75. The molecule has 1 fully saturated rings. The number of carbonyl (C=O) groups excluding carboxylic acids is 3. The SMILES string of the molecule is CC(=O)c1ccc(Cc2cnc(NC(=O)C3CCCN3C(=O)OCc3ccccc3)s2)cc1. The van der Waals surface area contributed by atoms with E-state index in [1.165, 1.54) is 16.2 Å². The minimum Gasteiger partial charge on any atom is -0.445 e. The number of ether oxygens (including phenoxy) is 1. The van der Waals surface area contributed by atoms with E-state index in [2.05, 4.69) is 10.3 Å². The summed E-state index contributed by atoms with van der Waals surface area (Å²) < 4.78 is 5.41. The fraction of sp³-hybridized carbons (Fsp3) is 0.280. The van der Waals surface area contributed by atoms with Gasteiger partial charge in [0.1, 0.15) is 12.6 Å². The zero-order chi connectivity index (χ0) is 23.2. The van der Waals surface area contributed by atoms with Gasteiger partial charge in [-0.25, -0.2) is 9.78 Å². The van der Waals surface area contributed by atoms with Crippen molar-refractivity contribution in [3.63, 3.8) is 0 Å². The summed E-state index contributed by atoms with van der Waals surface area (Å²) in [5, 5.41) is 3.35. The number of hydrogen-bond donors (Lipinski definition) is 1. The van der Waals surface area contributed by atoms with Crippen molar-refractivity contribution < 1.29 is 19.1 Å². The van der Waals surface area contributed by atoms with Crippen LogP contribution in [-0.2, 0) is 22.6 Å².